The van der Waals surface area contributed by atoms with Crippen LogP contribution in [0.25, 0.3) is 10.8 Å². The molecule has 1 N–H and O–H groups in total. The highest BCUT2D eigenvalue weighted by Gasteiger charge is 2.04. The van der Waals surface area contributed by atoms with Gasteiger partial charge in [-0.1, -0.05) is 35.9 Å². The molecular formula is C18H16ClN3. The van der Waals surface area contributed by atoms with Crippen molar-refractivity contribution in [1.82, 2.24) is 0 Å². The quantitative estimate of drug-likeness (QED) is 0.561. The van der Waals surface area contributed by atoms with Crippen molar-refractivity contribution in [2.75, 3.05) is 11.9 Å². The van der Waals surface area contributed by atoms with E-state index in [0.717, 1.165) is 34.4 Å². The first kappa shape index (κ1) is 14.5. The van der Waals surface area contributed by atoms with Crippen LogP contribution in [0.1, 0.15) is 6.92 Å². The van der Waals surface area contributed by atoms with Crippen LogP contribution in [0, 0.1) is 0 Å². The molecule has 4 heteroatoms. The van der Waals surface area contributed by atoms with Crippen LogP contribution < -0.4 is 5.32 Å². The highest BCUT2D eigenvalue weighted by atomic mass is 35.5. The summed E-state index contributed by atoms with van der Waals surface area (Å²) >= 11 is 5.87. The molecule has 3 aromatic carbocycles. The second-order valence-electron chi connectivity index (χ2n) is 4.88. The van der Waals surface area contributed by atoms with E-state index < -0.39 is 0 Å². The topological polar surface area (TPSA) is 36.8 Å². The number of nitrogens with zero attached hydrogens (tertiary/aromatic N) is 2. The molecule has 3 aromatic rings. The fraction of sp³-hybridized carbons (Fsp3) is 0.111. The lowest BCUT2D eigenvalue weighted by atomic mass is 10.1. The Balaban J connectivity index is 2.00. The zero-order valence-electron chi connectivity index (χ0n) is 12.3. The molecule has 110 valence electrons. The summed E-state index contributed by atoms with van der Waals surface area (Å²) in [4.78, 5) is 0. The summed E-state index contributed by atoms with van der Waals surface area (Å²) < 4.78 is 0. The van der Waals surface area contributed by atoms with Crippen molar-refractivity contribution in [3.63, 3.8) is 0 Å². The number of hydrogen-bond donors (Lipinski definition) is 1. The van der Waals surface area contributed by atoms with E-state index in [2.05, 4.69) is 34.6 Å². The number of azo groups is 1. The highest BCUT2D eigenvalue weighted by molar-refractivity contribution is 6.30. The molecule has 22 heavy (non-hydrogen) atoms. The van der Waals surface area contributed by atoms with Gasteiger partial charge in [0, 0.05) is 28.0 Å². The van der Waals surface area contributed by atoms with Gasteiger partial charge in [-0.15, -0.1) is 5.11 Å². The Labute approximate surface area is 134 Å². The van der Waals surface area contributed by atoms with Crippen molar-refractivity contribution < 1.29 is 0 Å². The van der Waals surface area contributed by atoms with Gasteiger partial charge >= 0.3 is 0 Å². The van der Waals surface area contributed by atoms with Gasteiger partial charge < -0.3 is 5.32 Å². The van der Waals surface area contributed by atoms with Crippen molar-refractivity contribution in [3.05, 3.63) is 65.7 Å². The van der Waals surface area contributed by atoms with Crippen LogP contribution in [0.2, 0.25) is 5.02 Å². The second kappa shape index (κ2) is 6.58. The molecule has 0 radical (unpaired) electrons. The molecule has 0 saturated heterocycles. The molecule has 0 saturated carbocycles. The first-order valence-electron chi connectivity index (χ1n) is 7.21. The van der Waals surface area contributed by atoms with Gasteiger partial charge in [-0.05, 0) is 43.3 Å². The Hall–Kier alpha value is -2.39. The maximum Gasteiger partial charge on any atom is 0.0936 e. The van der Waals surface area contributed by atoms with Crippen LogP contribution in [-0.2, 0) is 0 Å². The third-order valence-corrected chi connectivity index (χ3v) is 3.62. The lowest BCUT2D eigenvalue weighted by molar-refractivity contribution is 1.21. The fourth-order valence-corrected chi connectivity index (χ4v) is 2.46. The monoisotopic (exact) mass is 309 g/mol. The number of fused-ring (bicyclic) bond motifs is 1. The van der Waals surface area contributed by atoms with Gasteiger partial charge in [0.1, 0.15) is 0 Å². The molecule has 3 nitrogen and oxygen atoms in total. The SMILES string of the molecule is CCNc1ccc(N=Nc2ccc(Cl)cc2)c2ccccc12. The number of halogens is 1. The summed E-state index contributed by atoms with van der Waals surface area (Å²) in [6.45, 7) is 2.97. The van der Waals surface area contributed by atoms with Crippen LogP contribution in [0.3, 0.4) is 0 Å². The lowest BCUT2D eigenvalue weighted by Gasteiger charge is -2.09. The summed E-state index contributed by atoms with van der Waals surface area (Å²) in [5.74, 6) is 0. The van der Waals surface area contributed by atoms with Crippen LogP contribution in [0.4, 0.5) is 17.1 Å². The molecule has 3 rings (SSSR count). The van der Waals surface area contributed by atoms with E-state index >= 15 is 0 Å². The smallest absolute Gasteiger partial charge is 0.0936 e. The molecule has 0 aliphatic rings. The maximum absolute atomic E-state index is 5.87. The van der Waals surface area contributed by atoms with Crippen LogP contribution in [-0.4, -0.2) is 6.54 Å². The summed E-state index contributed by atoms with van der Waals surface area (Å²) in [6.07, 6.45) is 0. The first-order chi connectivity index (χ1) is 10.8. The van der Waals surface area contributed by atoms with E-state index in [1.165, 1.54) is 0 Å². The molecule has 0 heterocycles. The van der Waals surface area contributed by atoms with Crippen molar-refractivity contribution in [2.24, 2.45) is 10.2 Å². The van der Waals surface area contributed by atoms with E-state index in [9.17, 15) is 0 Å². The van der Waals surface area contributed by atoms with E-state index in [0.29, 0.717) is 5.02 Å². The average Bonchev–Trinajstić information content (AvgIpc) is 2.56. The van der Waals surface area contributed by atoms with Gasteiger partial charge in [0.2, 0.25) is 0 Å². The fourth-order valence-electron chi connectivity index (χ4n) is 2.33. The summed E-state index contributed by atoms with van der Waals surface area (Å²) in [5, 5.41) is 15.0. The molecule has 0 aromatic heterocycles. The minimum Gasteiger partial charge on any atom is -0.385 e. The highest BCUT2D eigenvalue weighted by Crippen LogP contribution is 2.32. The van der Waals surface area contributed by atoms with E-state index in [1.54, 1.807) is 0 Å². The van der Waals surface area contributed by atoms with E-state index in [4.69, 9.17) is 11.6 Å². The predicted octanol–water partition coefficient (Wildman–Crippen LogP) is 6.34. The van der Waals surface area contributed by atoms with Gasteiger partial charge in [0.05, 0.1) is 11.4 Å². The number of rotatable bonds is 4. The molecule has 0 aliphatic carbocycles. The van der Waals surface area contributed by atoms with Gasteiger partial charge in [0.15, 0.2) is 0 Å². The minimum atomic E-state index is 0.694. The Morgan fingerprint density at radius 1 is 0.864 bits per heavy atom. The lowest BCUT2D eigenvalue weighted by Crippen LogP contribution is -1.96. The van der Waals surface area contributed by atoms with Crippen molar-refractivity contribution in [2.45, 2.75) is 6.92 Å². The van der Waals surface area contributed by atoms with E-state index in [1.807, 2.05) is 48.5 Å². The first-order valence-corrected chi connectivity index (χ1v) is 7.58. The molecule has 0 bridgehead atoms. The second-order valence-corrected chi connectivity index (χ2v) is 5.32. The van der Waals surface area contributed by atoms with Gasteiger partial charge in [-0.25, -0.2) is 0 Å². The Morgan fingerprint density at radius 3 is 2.32 bits per heavy atom. The van der Waals surface area contributed by atoms with Crippen LogP contribution in [0.5, 0.6) is 0 Å². The number of anilines is 1. The molecule has 0 amide bonds. The average molecular weight is 310 g/mol. The van der Waals surface area contributed by atoms with E-state index in [-0.39, 0.29) is 0 Å². The standard InChI is InChI=1S/C18H16ClN3/c1-2-20-17-11-12-18(16-6-4-3-5-15(16)17)22-21-14-9-7-13(19)8-10-14/h3-12,20H,2H2,1H3. The van der Waals surface area contributed by atoms with Gasteiger partial charge in [0.25, 0.3) is 0 Å². The van der Waals surface area contributed by atoms with Crippen molar-refractivity contribution in [1.29, 1.82) is 0 Å². The number of hydrogen-bond acceptors (Lipinski definition) is 3. The summed E-state index contributed by atoms with van der Waals surface area (Å²) in [6, 6.07) is 19.5. The summed E-state index contributed by atoms with van der Waals surface area (Å²) in [5.41, 5.74) is 2.75. The molecule has 0 spiro atoms. The Bertz CT molecular complexity index is 810. The van der Waals surface area contributed by atoms with Crippen LogP contribution in [0.15, 0.2) is 70.9 Å². The maximum atomic E-state index is 5.87. The number of nitrogens with one attached hydrogen (secondary N) is 1. The Morgan fingerprint density at radius 2 is 1.59 bits per heavy atom. The predicted molar refractivity (Wildman–Crippen MR) is 93.7 cm³/mol. The molecule has 0 unspecified atom stereocenters. The molecule has 0 fully saturated rings. The summed E-state index contributed by atoms with van der Waals surface area (Å²) in [7, 11) is 0. The minimum absolute atomic E-state index is 0.694. The largest absolute Gasteiger partial charge is 0.385 e. The van der Waals surface area contributed by atoms with Gasteiger partial charge in [-0.3, -0.25) is 0 Å². The zero-order chi connectivity index (χ0) is 15.4. The number of benzene rings is 3. The van der Waals surface area contributed by atoms with Crippen molar-refractivity contribution >= 4 is 39.4 Å². The van der Waals surface area contributed by atoms with Crippen LogP contribution >= 0.6 is 11.6 Å². The van der Waals surface area contributed by atoms with Crippen molar-refractivity contribution in [3.8, 4) is 0 Å². The third kappa shape index (κ3) is 3.10. The molecule has 0 aliphatic heterocycles. The van der Waals surface area contributed by atoms with Gasteiger partial charge in [-0.2, -0.15) is 5.11 Å². The normalized spacial score (nSPS) is 11.2. The third-order valence-electron chi connectivity index (χ3n) is 3.37. The zero-order valence-corrected chi connectivity index (χ0v) is 13.0. The molecule has 0 atom stereocenters. The molecular weight excluding hydrogens is 294 g/mol. The Kier molecular flexibility index (Phi) is 4.35.